The molecule has 0 aliphatic heterocycles. The van der Waals surface area contributed by atoms with Crippen LogP contribution < -0.4 is 11.5 Å². The third-order valence-electron chi connectivity index (χ3n) is 1.26. The molecule has 0 bridgehead atoms. The number of rotatable bonds is 2. The van der Waals surface area contributed by atoms with Crippen LogP contribution in [0.5, 0.6) is 0 Å². The molecule has 4 nitrogen and oxygen atoms in total. The number of hydrogen-bond acceptors (Lipinski definition) is 2. The maximum atomic E-state index is 12.6. The van der Waals surface area contributed by atoms with E-state index < -0.39 is 11.6 Å². The van der Waals surface area contributed by atoms with Crippen LogP contribution in [0, 0.1) is 11.6 Å². The van der Waals surface area contributed by atoms with Crippen LogP contribution in [0.3, 0.4) is 0 Å². The van der Waals surface area contributed by atoms with Crippen molar-refractivity contribution in [2.24, 2.45) is 21.7 Å². The molecule has 14 heavy (non-hydrogen) atoms. The van der Waals surface area contributed by atoms with Gasteiger partial charge in [0.25, 0.3) is 0 Å². The summed E-state index contributed by atoms with van der Waals surface area (Å²) in [6.45, 7) is 0. The number of halogens is 2. The molecule has 4 N–H and O–H groups in total. The molecule has 0 amide bonds. The lowest BCUT2D eigenvalue weighted by molar-refractivity contribution is 0.583. The van der Waals surface area contributed by atoms with Crippen molar-refractivity contribution in [3.05, 3.63) is 35.4 Å². The fraction of sp³-hybridized carbons (Fsp3) is 0. The van der Waals surface area contributed by atoms with E-state index in [0.717, 1.165) is 24.4 Å². The Kier molecular flexibility index (Phi) is 3.11. The molecule has 0 saturated heterocycles. The van der Waals surface area contributed by atoms with Gasteiger partial charge >= 0.3 is 0 Å². The minimum absolute atomic E-state index is 0.224. The summed E-state index contributed by atoms with van der Waals surface area (Å²) in [6, 6.07) is 2.97. The molecule has 0 spiro atoms. The molecule has 0 aliphatic carbocycles. The molecule has 0 fully saturated rings. The molecule has 0 aromatic heterocycles. The van der Waals surface area contributed by atoms with Crippen LogP contribution in [0.2, 0.25) is 0 Å². The SMILES string of the molecule is NC(N)=N/N=C/c1cc(F)cc(F)c1. The van der Waals surface area contributed by atoms with Gasteiger partial charge in [-0.25, -0.2) is 8.78 Å². The molecule has 1 aromatic carbocycles. The Labute approximate surface area is 78.9 Å². The van der Waals surface area contributed by atoms with Gasteiger partial charge in [-0.3, -0.25) is 0 Å². The van der Waals surface area contributed by atoms with Gasteiger partial charge in [0.1, 0.15) is 11.6 Å². The Morgan fingerprint density at radius 3 is 2.21 bits per heavy atom. The molecule has 0 atom stereocenters. The number of nitrogens with zero attached hydrogens (tertiary/aromatic N) is 2. The molecule has 0 radical (unpaired) electrons. The van der Waals surface area contributed by atoms with Gasteiger partial charge in [0.2, 0.25) is 5.96 Å². The Morgan fingerprint density at radius 1 is 1.14 bits per heavy atom. The fourth-order valence-corrected chi connectivity index (χ4v) is 0.812. The fourth-order valence-electron chi connectivity index (χ4n) is 0.812. The van der Waals surface area contributed by atoms with E-state index in [9.17, 15) is 8.78 Å². The summed E-state index contributed by atoms with van der Waals surface area (Å²) in [5.41, 5.74) is 10.2. The quantitative estimate of drug-likeness (QED) is 0.414. The number of guanidine groups is 1. The van der Waals surface area contributed by atoms with Crippen LogP contribution in [0.15, 0.2) is 28.4 Å². The van der Waals surface area contributed by atoms with Gasteiger partial charge in [0.05, 0.1) is 6.21 Å². The Balaban J connectivity index is 2.87. The normalized spacial score (nSPS) is 10.4. The predicted molar refractivity (Wildman–Crippen MR) is 49.8 cm³/mol. The first-order valence-corrected chi connectivity index (χ1v) is 3.66. The number of nitrogens with two attached hydrogens (primary N) is 2. The monoisotopic (exact) mass is 198 g/mol. The Bertz CT molecular complexity index is 363. The molecule has 0 saturated carbocycles. The molecular formula is C8H8F2N4. The van der Waals surface area contributed by atoms with Crippen molar-refractivity contribution in [2.45, 2.75) is 0 Å². The highest BCUT2D eigenvalue weighted by Crippen LogP contribution is 2.05. The van der Waals surface area contributed by atoms with Crippen LogP contribution in [0.25, 0.3) is 0 Å². The van der Waals surface area contributed by atoms with Crippen LogP contribution in [-0.2, 0) is 0 Å². The summed E-state index contributed by atoms with van der Waals surface area (Å²) in [5.74, 6) is -1.59. The molecule has 6 heteroatoms. The first-order chi connectivity index (χ1) is 6.58. The summed E-state index contributed by atoms with van der Waals surface area (Å²) < 4.78 is 25.3. The summed E-state index contributed by atoms with van der Waals surface area (Å²) >= 11 is 0. The number of benzene rings is 1. The van der Waals surface area contributed by atoms with E-state index >= 15 is 0 Å². The first-order valence-electron chi connectivity index (χ1n) is 3.66. The van der Waals surface area contributed by atoms with Gasteiger partial charge < -0.3 is 11.5 Å². The second kappa shape index (κ2) is 4.31. The minimum atomic E-state index is -0.684. The average molecular weight is 198 g/mol. The molecule has 0 aliphatic rings. The van der Waals surface area contributed by atoms with Crippen molar-refractivity contribution in [1.82, 2.24) is 0 Å². The summed E-state index contributed by atoms with van der Waals surface area (Å²) in [5, 5.41) is 6.68. The highest BCUT2D eigenvalue weighted by Gasteiger charge is 1.97. The lowest BCUT2D eigenvalue weighted by Crippen LogP contribution is -2.21. The van der Waals surface area contributed by atoms with E-state index in [1.807, 2.05) is 0 Å². The summed E-state index contributed by atoms with van der Waals surface area (Å²) in [6.07, 6.45) is 1.14. The topological polar surface area (TPSA) is 76.8 Å². The van der Waals surface area contributed by atoms with Crippen molar-refractivity contribution in [3.63, 3.8) is 0 Å². The lowest BCUT2D eigenvalue weighted by atomic mass is 10.2. The molecule has 1 aromatic rings. The van der Waals surface area contributed by atoms with Crippen LogP contribution >= 0.6 is 0 Å². The van der Waals surface area contributed by atoms with E-state index in [1.165, 1.54) is 0 Å². The minimum Gasteiger partial charge on any atom is -0.369 e. The van der Waals surface area contributed by atoms with Crippen molar-refractivity contribution < 1.29 is 8.78 Å². The zero-order valence-corrected chi connectivity index (χ0v) is 7.11. The van der Waals surface area contributed by atoms with Crippen molar-refractivity contribution >= 4 is 12.2 Å². The predicted octanol–water partition coefficient (Wildman–Crippen LogP) is 0.572. The van der Waals surface area contributed by atoms with E-state index in [0.29, 0.717) is 0 Å². The lowest BCUT2D eigenvalue weighted by Gasteiger charge is -1.93. The summed E-state index contributed by atoms with van der Waals surface area (Å²) in [4.78, 5) is 0. The van der Waals surface area contributed by atoms with Gasteiger partial charge in [-0.1, -0.05) is 0 Å². The van der Waals surface area contributed by atoms with Crippen LogP contribution in [-0.4, -0.2) is 12.2 Å². The van der Waals surface area contributed by atoms with E-state index in [2.05, 4.69) is 10.2 Å². The van der Waals surface area contributed by atoms with Gasteiger partial charge in [-0.2, -0.15) is 5.10 Å². The van der Waals surface area contributed by atoms with Crippen molar-refractivity contribution in [1.29, 1.82) is 0 Å². The molecule has 74 valence electrons. The van der Waals surface area contributed by atoms with Crippen molar-refractivity contribution in [3.8, 4) is 0 Å². The zero-order valence-electron chi connectivity index (χ0n) is 7.11. The Morgan fingerprint density at radius 2 is 1.71 bits per heavy atom. The highest BCUT2D eigenvalue weighted by molar-refractivity contribution is 5.81. The highest BCUT2D eigenvalue weighted by atomic mass is 19.1. The van der Waals surface area contributed by atoms with Gasteiger partial charge in [0, 0.05) is 11.6 Å². The molecule has 0 unspecified atom stereocenters. The van der Waals surface area contributed by atoms with E-state index in [4.69, 9.17) is 11.5 Å². The third kappa shape index (κ3) is 3.18. The molecule has 1 rings (SSSR count). The maximum absolute atomic E-state index is 12.6. The third-order valence-corrected chi connectivity index (χ3v) is 1.26. The number of hydrogen-bond donors (Lipinski definition) is 2. The average Bonchev–Trinajstić information content (AvgIpc) is 2.01. The van der Waals surface area contributed by atoms with Gasteiger partial charge in [-0.05, 0) is 12.1 Å². The standard InChI is InChI=1S/C8H8F2N4/c9-6-1-5(2-7(10)3-6)4-13-14-8(11)12/h1-4H,(H4,11,12,14)/b13-4+. The van der Waals surface area contributed by atoms with Crippen molar-refractivity contribution in [2.75, 3.05) is 0 Å². The zero-order chi connectivity index (χ0) is 10.6. The molecule has 0 heterocycles. The molecular weight excluding hydrogens is 190 g/mol. The largest absolute Gasteiger partial charge is 0.369 e. The van der Waals surface area contributed by atoms with Gasteiger partial charge in [-0.15, -0.1) is 5.10 Å². The second-order valence-corrected chi connectivity index (χ2v) is 2.47. The first kappa shape index (κ1) is 10.1. The smallest absolute Gasteiger partial charge is 0.211 e. The van der Waals surface area contributed by atoms with Crippen LogP contribution in [0.4, 0.5) is 8.78 Å². The maximum Gasteiger partial charge on any atom is 0.211 e. The second-order valence-electron chi connectivity index (χ2n) is 2.47. The Hall–Kier alpha value is -1.98. The van der Waals surface area contributed by atoms with Gasteiger partial charge in [0.15, 0.2) is 0 Å². The van der Waals surface area contributed by atoms with E-state index in [-0.39, 0.29) is 11.5 Å². The summed E-state index contributed by atoms with van der Waals surface area (Å²) in [7, 11) is 0. The van der Waals surface area contributed by atoms with E-state index in [1.54, 1.807) is 0 Å². The van der Waals surface area contributed by atoms with Crippen LogP contribution in [0.1, 0.15) is 5.56 Å².